The van der Waals surface area contributed by atoms with Gasteiger partial charge in [0.25, 0.3) is 0 Å². The summed E-state index contributed by atoms with van der Waals surface area (Å²) in [6.07, 6.45) is 1.97. The number of hydrogen-bond donors (Lipinski definition) is 2. The van der Waals surface area contributed by atoms with Crippen molar-refractivity contribution in [3.63, 3.8) is 0 Å². The van der Waals surface area contributed by atoms with Gasteiger partial charge in [-0.05, 0) is 43.3 Å². The van der Waals surface area contributed by atoms with Crippen LogP contribution in [-0.2, 0) is 0 Å². The van der Waals surface area contributed by atoms with Crippen molar-refractivity contribution >= 4 is 11.3 Å². The summed E-state index contributed by atoms with van der Waals surface area (Å²) >= 11 is 1.70. The molecule has 0 aliphatic carbocycles. The van der Waals surface area contributed by atoms with Crippen LogP contribution in [0.1, 0.15) is 29.4 Å². The quantitative estimate of drug-likeness (QED) is 0.758. The lowest BCUT2D eigenvalue weighted by atomic mass is 10.0. The number of aliphatic hydroxyl groups is 1. The molecule has 1 aliphatic rings. The van der Waals surface area contributed by atoms with Gasteiger partial charge in [-0.25, -0.2) is 0 Å². The number of nitrogens with one attached hydrogen (secondary N) is 1. The van der Waals surface area contributed by atoms with Crippen molar-refractivity contribution in [3.05, 3.63) is 21.9 Å². The number of rotatable bonds is 2. The molecule has 2 rings (SSSR count). The molecule has 1 aromatic rings. The largest absolute Gasteiger partial charge is 0.387 e. The monoisotopic (exact) mass is 197 g/mol. The molecule has 0 amide bonds. The van der Waals surface area contributed by atoms with E-state index in [0.717, 1.165) is 18.5 Å². The van der Waals surface area contributed by atoms with E-state index >= 15 is 0 Å². The second-order valence-electron chi connectivity index (χ2n) is 3.58. The van der Waals surface area contributed by atoms with E-state index in [1.54, 1.807) is 11.3 Å². The van der Waals surface area contributed by atoms with Crippen LogP contribution in [0.4, 0.5) is 0 Å². The topological polar surface area (TPSA) is 32.3 Å². The van der Waals surface area contributed by atoms with Crippen molar-refractivity contribution in [3.8, 4) is 0 Å². The molecule has 0 aromatic carbocycles. The van der Waals surface area contributed by atoms with Crippen molar-refractivity contribution in [2.75, 3.05) is 6.54 Å². The van der Waals surface area contributed by atoms with Gasteiger partial charge < -0.3 is 10.4 Å². The highest BCUT2D eigenvalue weighted by Gasteiger charge is 2.25. The minimum absolute atomic E-state index is 0.272. The number of hydrogen-bond acceptors (Lipinski definition) is 3. The minimum Gasteiger partial charge on any atom is -0.387 e. The molecule has 1 aliphatic heterocycles. The van der Waals surface area contributed by atoms with E-state index in [2.05, 4.69) is 12.2 Å². The first kappa shape index (κ1) is 9.19. The molecular weight excluding hydrogens is 182 g/mol. The van der Waals surface area contributed by atoms with Crippen LogP contribution < -0.4 is 5.32 Å². The average molecular weight is 197 g/mol. The van der Waals surface area contributed by atoms with Gasteiger partial charge in [-0.15, -0.1) is 11.3 Å². The molecule has 0 saturated carbocycles. The molecular formula is C10H15NOS. The summed E-state index contributed by atoms with van der Waals surface area (Å²) in [6, 6.07) is 2.30. The lowest BCUT2D eigenvalue weighted by Gasteiger charge is -2.18. The van der Waals surface area contributed by atoms with Gasteiger partial charge in [0.1, 0.15) is 0 Å². The first-order chi connectivity index (χ1) is 6.29. The Morgan fingerprint density at radius 1 is 1.69 bits per heavy atom. The van der Waals surface area contributed by atoms with Gasteiger partial charge in [-0.1, -0.05) is 0 Å². The highest BCUT2D eigenvalue weighted by molar-refractivity contribution is 7.10. The molecule has 72 valence electrons. The molecule has 1 unspecified atom stereocenters. The zero-order valence-electron chi connectivity index (χ0n) is 7.79. The van der Waals surface area contributed by atoms with Gasteiger partial charge in [-0.2, -0.15) is 0 Å². The van der Waals surface area contributed by atoms with E-state index in [1.807, 2.05) is 11.4 Å². The summed E-state index contributed by atoms with van der Waals surface area (Å²) in [5.41, 5.74) is 1.10. The normalized spacial score (nSPS) is 24.9. The zero-order chi connectivity index (χ0) is 9.26. The number of aryl methyl sites for hydroxylation is 1. The van der Waals surface area contributed by atoms with Crippen LogP contribution in [0.25, 0.3) is 0 Å². The highest BCUT2D eigenvalue weighted by Crippen LogP contribution is 2.28. The SMILES string of the molecule is Cc1sccc1C(O)[C@@H]1CCCN1. The zero-order valence-corrected chi connectivity index (χ0v) is 8.60. The molecule has 1 aromatic heterocycles. The summed E-state index contributed by atoms with van der Waals surface area (Å²) in [7, 11) is 0. The Kier molecular flexibility index (Phi) is 2.67. The van der Waals surface area contributed by atoms with Crippen molar-refractivity contribution < 1.29 is 5.11 Å². The maximum atomic E-state index is 10.0. The van der Waals surface area contributed by atoms with E-state index in [9.17, 15) is 5.11 Å². The fraction of sp³-hybridized carbons (Fsp3) is 0.600. The fourth-order valence-electron chi connectivity index (χ4n) is 1.90. The van der Waals surface area contributed by atoms with Crippen LogP contribution in [0, 0.1) is 6.92 Å². The van der Waals surface area contributed by atoms with Crippen LogP contribution in [-0.4, -0.2) is 17.7 Å². The second-order valence-corrected chi connectivity index (χ2v) is 4.70. The predicted molar refractivity (Wildman–Crippen MR) is 55.0 cm³/mol. The Morgan fingerprint density at radius 2 is 2.54 bits per heavy atom. The molecule has 0 radical (unpaired) electrons. The van der Waals surface area contributed by atoms with Gasteiger partial charge >= 0.3 is 0 Å². The van der Waals surface area contributed by atoms with Crippen molar-refractivity contribution in [1.29, 1.82) is 0 Å². The summed E-state index contributed by atoms with van der Waals surface area (Å²) in [4.78, 5) is 1.24. The summed E-state index contributed by atoms with van der Waals surface area (Å²) in [5.74, 6) is 0. The lowest BCUT2D eigenvalue weighted by molar-refractivity contribution is 0.137. The van der Waals surface area contributed by atoms with Crippen molar-refractivity contribution in [2.24, 2.45) is 0 Å². The molecule has 2 heterocycles. The molecule has 1 saturated heterocycles. The molecule has 3 heteroatoms. The van der Waals surface area contributed by atoms with Crippen LogP contribution in [0.3, 0.4) is 0 Å². The Labute approximate surface area is 82.6 Å². The van der Waals surface area contributed by atoms with Gasteiger partial charge in [0, 0.05) is 10.9 Å². The lowest BCUT2D eigenvalue weighted by Crippen LogP contribution is -2.28. The molecule has 13 heavy (non-hydrogen) atoms. The summed E-state index contributed by atoms with van der Waals surface area (Å²) in [6.45, 7) is 3.11. The van der Waals surface area contributed by atoms with E-state index < -0.39 is 0 Å². The standard InChI is InChI=1S/C10H15NOS/c1-7-8(4-6-13-7)10(12)9-3-2-5-11-9/h4,6,9-12H,2-3,5H2,1H3/t9-,10?/m0/s1. The Bertz CT molecular complexity index is 278. The van der Waals surface area contributed by atoms with E-state index in [0.29, 0.717) is 0 Å². The smallest absolute Gasteiger partial charge is 0.0953 e. The maximum absolute atomic E-state index is 10.0. The maximum Gasteiger partial charge on any atom is 0.0953 e. The van der Waals surface area contributed by atoms with E-state index in [-0.39, 0.29) is 12.1 Å². The van der Waals surface area contributed by atoms with Crippen LogP contribution in [0.5, 0.6) is 0 Å². The predicted octanol–water partition coefficient (Wildman–Crippen LogP) is 1.84. The molecule has 0 spiro atoms. The summed E-state index contributed by atoms with van der Waals surface area (Å²) < 4.78 is 0. The highest BCUT2D eigenvalue weighted by atomic mass is 32.1. The Morgan fingerprint density at radius 3 is 3.08 bits per heavy atom. The third-order valence-corrected chi connectivity index (χ3v) is 3.56. The van der Waals surface area contributed by atoms with Gasteiger partial charge in [0.15, 0.2) is 0 Å². The molecule has 1 fully saturated rings. The molecule has 2 N–H and O–H groups in total. The van der Waals surface area contributed by atoms with Crippen molar-refractivity contribution in [2.45, 2.75) is 31.9 Å². The second kappa shape index (κ2) is 3.78. The molecule has 0 bridgehead atoms. The number of aliphatic hydroxyl groups excluding tert-OH is 1. The minimum atomic E-state index is -0.311. The first-order valence-corrected chi connectivity index (χ1v) is 5.62. The fourth-order valence-corrected chi connectivity index (χ4v) is 2.64. The van der Waals surface area contributed by atoms with Gasteiger partial charge in [0.05, 0.1) is 6.10 Å². The van der Waals surface area contributed by atoms with Crippen LogP contribution in [0.15, 0.2) is 11.4 Å². The first-order valence-electron chi connectivity index (χ1n) is 4.74. The Balaban J connectivity index is 2.12. The van der Waals surface area contributed by atoms with E-state index in [4.69, 9.17) is 0 Å². The summed E-state index contributed by atoms with van der Waals surface area (Å²) in [5, 5.41) is 15.4. The molecule has 2 nitrogen and oxygen atoms in total. The third kappa shape index (κ3) is 1.77. The molecule has 2 atom stereocenters. The van der Waals surface area contributed by atoms with Crippen molar-refractivity contribution in [1.82, 2.24) is 5.32 Å². The van der Waals surface area contributed by atoms with Crippen LogP contribution >= 0.6 is 11.3 Å². The van der Waals surface area contributed by atoms with Gasteiger partial charge in [-0.3, -0.25) is 0 Å². The number of thiophene rings is 1. The average Bonchev–Trinajstić information content (AvgIpc) is 2.72. The van der Waals surface area contributed by atoms with Gasteiger partial charge in [0.2, 0.25) is 0 Å². The Hall–Kier alpha value is -0.380. The third-order valence-electron chi connectivity index (χ3n) is 2.70. The van der Waals surface area contributed by atoms with E-state index in [1.165, 1.54) is 11.3 Å². The van der Waals surface area contributed by atoms with Crippen LogP contribution in [0.2, 0.25) is 0 Å².